The summed E-state index contributed by atoms with van der Waals surface area (Å²) in [5.41, 5.74) is 4.84. The Balaban J connectivity index is 1.59. The molecule has 4 saturated carbocycles. The minimum atomic E-state index is -0.0431. The lowest BCUT2D eigenvalue weighted by atomic mass is 9.45. The molecule has 134 valence electrons. The maximum atomic E-state index is 11.3. The highest BCUT2D eigenvalue weighted by atomic mass is 16.2. The van der Waals surface area contributed by atoms with Gasteiger partial charge in [0.05, 0.1) is 0 Å². The summed E-state index contributed by atoms with van der Waals surface area (Å²) in [4.78, 5) is 11.3. The van der Waals surface area contributed by atoms with Gasteiger partial charge in [-0.3, -0.25) is 4.79 Å². The lowest BCUT2D eigenvalue weighted by molar-refractivity contribution is -0.118. The predicted octanol–water partition coefficient (Wildman–Crippen LogP) is 4.91. The van der Waals surface area contributed by atoms with Crippen LogP contribution in [0.1, 0.15) is 85.0 Å². The van der Waals surface area contributed by atoms with Gasteiger partial charge in [0, 0.05) is 18.1 Å². The zero-order valence-corrected chi connectivity index (χ0v) is 15.7. The lowest BCUT2D eigenvalue weighted by Gasteiger charge is -2.59. The van der Waals surface area contributed by atoms with Crippen molar-refractivity contribution >= 4 is 11.6 Å². The van der Waals surface area contributed by atoms with Crippen molar-refractivity contribution in [3.05, 3.63) is 0 Å². The number of carbonyl (C=O) groups is 1. The van der Waals surface area contributed by atoms with E-state index in [1.807, 2.05) is 0 Å². The van der Waals surface area contributed by atoms with Crippen molar-refractivity contribution < 1.29 is 4.79 Å². The first-order valence-electron chi connectivity index (χ1n) is 10.3. The van der Waals surface area contributed by atoms with Gasteiger partial charge >= 0.3 is 0 Å². The van der Waals surface area contributed by atoms with E-state index in [4.69, 9.17) is 0 Å². The van der Waals surface area contributed by atoms with E-state index < -0.39 is 0 Å². The van der Waals surface area contributed by atoms with Gasteiger partial charge in [0.25, 0.3) is 0 Å². The van der Waals surface area contributed by atoms with Crippen molar-refractivity contribution in [2.45, 2.75) is 85.0 Å². The van der Waals surface area contributed by atoms with Crippen LogP contribution in [0.15, 0.2) is 5.10 Å². The van der Waals surface area contributed by atoms with Gasteiger partial charge in [0.15, 0.2) is 0 Å². The Hall–Kier alpha value is -0.860. The van der Waals surface area contributed by atoms with Gasteiger partial charge in [-0.05, 0) is 80.5 Å². The van der Waals surface area contributed by atoms with Crippen LogP contribution in [0.4, 0.5) is 0 Å². The average Bonchev–Trinajstić information content (AvgIpc) is 2.89. The first-order chi connectivity index (χ1) is 11.4. The highest BCUT2D eigenvalue weighted by molar-refractivity contribution is 5.93. The minimum Gasteiger partial charge on any atom is -0.274 e. The quantitative estimate of drug-likeness (QED) is 0.682. The van der Waals surface area contributed by atoms with Crippen molar-refractivity contribution in [1.29, 1.82) is 0 Å². The molecular weight excluding hydrogens is 296 g/mol. The molecule has 0 aromatic carbocycles. The van der Waals surface area contributed by atoms with Crippen molar-refractivity contribution in [3.8, 4) is 0 Å². The number of rotatable bonds is 1. The molecule has 3 heteroatoms. The summed E-state index contributed by atoms with van der Waals surface area (Å²) in [5, 5.41) is 4.53. The Morgan fingerprint density at radius 2 is 1.88 bits per heavy atom. The summed E-state index contributed by atoms with van der Waals surface area (Å²) >= 11 is 0. The van der Waals surface area contributed by atoms with Crippen LogP contribution >= 0.6 is 0 Å². The molecule has 0 heterocycles. The standard InChI is InChI=1S/C21H34N2O/c1-14(24)22-23-19-10-9-17-16-8-7-15-6-4-5-12-20(15,2)18(16)11-13-21(17,19)3/h15-18H,4-13H2,1-3H3,(H,22,24)/b23-19+/t15-,16-,17-,18-,20+,21-/m1/s1. The zero-order valence-electron chi connectivity index (χ0n) is 15.7. The molecule has 0 aliphatic heterocycles. The first-order valence-corrected chi connectivity index (χ1v) is 10.3. The first kappa shape index (κ1) is 16.6. The summed E-state index contributed by atoms with van der Waals surface area (Å²) in [5.74, 6) is 3.58. The van der Waals surface area contributed by atoms with E-state index in [9.17, 15) is 4.79 Å². The summed E-state index contributed by atoms with van der Waals surface area (Å²) < 4.78 is 0. The third-order valence-electron chi connectivity index (χ3n) is 8.67. The smallest absolute Gasteiger partial charge is 0.236 e. The van der Waals surface area contributed by atoms with E-state index in [0.29, 0.717) is 5.41 Å². The highest BCUT2D eigenvalue weighted by Crippen LogP contribution is 2.65. The van der Waals surface area contributed by atoms with Crippen molar-refractivity contribution in [1.82, 2.24) is 5.43 Å². The molecule has 4 aliphatic carbocycles. The molecule has 0 aromatic heterocycles. The summed E-state index contributed by atoms with van der Waals surface area (Å²) in [6, 6.07) is 0. The molecule has 0 radical (unpaired) electrons. The zero-order chi connectivity index (χ0) is 16.9. The SMILES string of the molecule is CC(=O)N/N=C1\CC[C@@H]2[C@H]3CC[C@H]4CCCC[C@]4(C)[C@@H]3CC[C@@]12C. The largest absolute Gasteiger partial charge is 0.274 e. The second-order valence-corrected chi connectivity index (χ2v) is 9.62. The second kappa shape index (κ2) is 5.85. The number of hydrogen-bond donors (Lipinski definition) is 1. The van der Waals surface area contributed by atoms with Gasteiger partial charge < -0.3 is 0 Å². The molecule has 1 N–H and O–H groups in total. The molecule has 4 rings (SSSR count). The normalized spacial score (nSPS) is 49.2. The van der Waals surface area contributed by atoms with Crippen molar-refractivity contribution in [3.63, 3.8) is 0 Å². The van der Waals surface area contributed by atoms with Crippen molar-refractivity contribution in [2.24, 2.45) is 39.6 Å². The minimum absolute atomic E-state index is 0.0431. The second-order valence-electron chi connectivity index (χ2n) is 9.62. The number of nitrogens with one attached hydrogen (secondary N) is 1. The number of carbonyl (C=O) groups excluding carboxylic acids is 1. The van der Waals surface area contributed by atoms with E-state index in [1.165, 1.54) is 63.5 Å². The maximum Gasteiger partial charge on any atom is 0.236 e. The number of hydrazone groups is 1. The van der Waals surface area contributed by atoms with E-state index in [0.717, 1.165) is 30.1 Å². The molecule has 0 unspecified atom stereocenters. The number of nitrogens with zero attached hydrogens (tertiary/aromatic N) is 1. The average molecular weight is 331 g/mol. The Bertz CT molecular complexity index is 556. The Morgan fingerprint density at radius 1 is 1.04 bits per heavy atom. The monoisotopic (exact) mass is 330 g/mol. The fourth-order valence-corrected chi connectivity index (χ4v) is 7.41. The Labute approximate surface area is 147 Å². The molecule has 0 bridgehead atoms. The molecular formula is C21H34N2O. The molecule has 0 aromatic rings. The van der Waals surface area contributed by atoms with Crippen LogP contribution in [0.3, 0.4) is 0 Å². The third kappa shape index (κ3) is 2.37. The van der Waals surface area contributed by atoms with E-state index in [2.05, 4.69) is 24.4 Å². The van der Waals surface area contributed by atoms with Crippen LogP contribution in [0.2, 0.25) is 0 Å². The molecule has 0 saturated heterocycles. The van der Waals surface area contributed by atoms with Gasteiger partial charge in [-0.1, -0.05) is 26.7 Å². The molecule has 3 nitrogen and oxygen atoms in total. The summed E-state index contributed by atoms with van der Waals surface area (Å²) in [6.07, 6.45) is 13.8. The van der Waals surface area contributed by atoms with Crippen LogP contribution in [0.25, 0.3) is 0 Å². The Kier molecular flexibility index (Phi) is 4.04. The van der Waals surface area contributed by atoms with Crippen LogP contribution in [0.5, 0.6) is 0 Å². The molecule has 6 atom stereocenters. The van der Waals surface area contributed by atoms with E-state index in [-0.39, 0.29) is 11.3 Å². The fourth-order valence-electron chi connectivity index (χ4n) is 7.41. The Morgan fingerprint density at radius 3 is 2.67 bits per heavy atom. The van der Waals surface area contributed by atoms with Crippen LogP contribution in [-0.4, -0.2) is 11.6 Å². The van der Waals surface area contributed by atoms with Gasteiger partial charge in [0.1, 0.15) is 0 Å². The summed E-state index contributed by atoms with van der Waals surface area (Å²) in [6.45, 7) is 6.63. The van der Waals surface area contributed by atoms with E-state index in [1.54, 1.807) is 6.92 Å². The highest BCUT2D eigenvalue weighted by Gasteiger charge is 2.58. The number of amides is 1. The van der Waals surface area contributed by atoms with Gasteiger partial charge in [-0.15, -0.1) is 0 Å². The fraction of sp³-hybridized carbons (Fsp3) is 0.905. The van der Waals surface area contributed by atoms with Crippen LogP contribution in [-0.2, 0) is 4.79 Å². The lowest BCUT2D eigenvalue weighted by Crippen LogP contribution is -2.52. The molecule has 4 fully saturated rings. The maximum absolute atomic E-state index is 11.3. The van der Waals surface area contributed by atoms with Crippen molar-refractivity contribution in [2.75, 3.05) is 0 Å². The molecule has 4 aliphatic rings. The molecule has 0 spiro atoms. The molecule has 24 heavy (non-hydrogen) atoms. The predicted molar refractivity (Wildman–Crippen MR) is 97.6 cm³/mol. The van der Waals surface area contributed by atoms with Crippen LogP contribution in [0, 0.1) is 34.5 Å². The summed E-state index contributed by atoms with van der Waals surface area (Å²) in [7, 11) is 0. The molecule has 1 amide bonds. The van der Waals surface area contributed by atoms with E-state index >= 15 is 0 Å². The van der Waals surface area contributed by atoms with Gasteiger partial charge in [0.2, 0.25) is 5.91 Å². The van der Waals surface area contributed by atoms with Gasteiger partial charge in [-0.2, -0.15) is 5.10 Å². The van der Waals surface area contributed by atoms with Gasteiger partial charge in [-0.25, -0.2) is 5.43 Å². The number of hydrogen-bond acceptors (Lipinski definition) is 2. The number of fused-ring (bicyclic) bond motifs is 5. The third-order valence-corrected chi connectivity index (χ3v) is 8.67. The topological polar surface area (TPSA) is 41.5 Å². The van der Waals surface area contributed by atoms with Crippen LogP contribution < -0.4 is 5.43 Å².